The Labute approximate surface area is 340 Å². The summed E-state index contributed by atoms with van der Waals surface area (Å²) >= 11 is 0. The molecule has 0 aliphatic carbocycles. The van der Waals surface area contributed by atoms with E-state index < -0.39 is 24.1 Å². The second kappa shape index (κ2) is 15.5. The van der Waals surface area contributed by atoms with E-state index in [1.54, 1.807) is 0 Å². The van der Waals surface area contributed by atoms with E-state index in [0.717, 1.165) is 77.0 Å². The number of hydroxylamine groups is 8. The lowest BCUT2D eigenvalue weighted by Gasteiger charge is -2.53. The van der Waals surface area contributed by atoms with Gasteiger partial charge < -0.3 is 9.68 Å². The van der Waals surface area contributed by atoms with Crippen molar-refractivity contribution in [2.45, 2.75) is 244 Å². The van der Waals surface area contributed by atoms with Gasteiger partial charge in [-0.05, 0) is 188 Å². The van der Waals surface area contributed by atoms with E-state index in [4.69, 9.17) is 19.4 Å². The molecule has 56 heavy (non-hydrogen) atoms. The molecule has 4 fully saturated rings. The van der Waals surface area contributed by atoms with E-state index in [9.17, 15) is 0 Å². The van der Waals surface area contributed by atoms with Crippen molar-refractivity contribution in [1.29, 1.82) is 0 Å². The van der Waals surface area contributed by atoms with Crippen LogP contribution in [0.15, 0.2) is 24.3 Å². The summed E-state index contributed by atoms with van der Waals surface area (Å²) in [5.41, 5.74) is -2.01. The number of nitrogens with zero attached hydrogens (tertiary/aromatic N) is 4. The Morgan fingerprint density at radius 1 is 0.411 bits per heavy atom. The zero-order valence-corrected chi connectivity index (χ0v) is 38.2. The Hall–Kier alpha value is -2.08. The average molecular weight is 783 g/mol. The summed E-state index contributed by atoms with van der Waals surface area (Å²) in [5.74, 6) is -1.05. The fourth-order valence-corrected chi connectivity index (χ4v) is 10.9. The molecule has 0 bridgehead atoms. The maximum absolute atomic E-state index is 15.1. The minimum Gasteiger partial charge on any atom is -0.364 e. The van der Waals surface area contributed by atoms with Crippen LogP contribution in [-0.4, -0.2) is 76.5 Å². The van der Waals surface area contributed by atoms with Gasteiger partial charge in [0.05, 0.1) is 22.2 Å². The van der Waals surface area contributed by atoms with Crippen molar-refractivity contribution in [3.63, 3.8) is 0 Å². The third kappa shape index (κ3) is 9.21. The van der Waals surface area contributed by atoms with Crippen LogP contribution in [0.25, 0.3) is 0 Å². The Morgan fingerprint density at radius 2 is 0.625 bits per heavy atom. The molecule has 0 amide bonds. The summed E-state index contributed by atoms with van der Waals surface area (Å²) in [7, 11) is 0. The fraction of sp³-hybridized carbons (Fsp3) is 0.826. The van der Waals surface area contributed by atoms with Gasteiger partial charge in [0, 0.05) is 33.3 Å². The van der Waals surface area contributed by atoms with Gasteiger partial charge in [0.2, 0.25) is 12.2 Å². The standard InChI is InChI=1S/C46H78N4O6/c1-39(2)25-19-26-40(3,4)47(39)53-35(37(51)55-49-43(9,10)29-21-30-44(49,11)12)33-23-17-18-24-34(33)36(54-48-41(5,6)27-20-28-42(48,7)8)38(52)56-50-45(13,14)31-22-32-46(50,15)16/h17-18,23-24,35-36H,19-22,25-32H2,1-16H3. The Balaban J connectivity index is 1.67. The van der Waals surface area contributed by atoms with E-state index in [1.807, 2.05) is 44.5 Å². The van der Waals surface area contributed by atoms with Gasteiger partial charge in [-0.15, -0.1) is 10.1 Å². The van der Waals surface area contributed by atoms with Crippen molar-refractivity contribution in [2.24, 2.45) is 0 Å². The molecule has 1 aromatic rings. The molecule has 0 saturated carbocycles. The maximum atomic E-state index is 15.1. The third-order valence-corrected chi connectivity index (χ3v) is 13.5. The van der Waals surface area contributed by atoms with Crippen LogP contribution in [0.2, 0.25) is 0 Å². The van der Waals surface area contributed by atoms with Gasteiger partial charge in [-0.2, -0.15) is 10.1 Å². The van der Waals surface area contributed by atoms with E-state index in [-0.39, 0.29) is 44.3 Å². The number of benzene rings is 1. The SMILES string of the molecule is CC1(C)CCCC(C)(C)N1OC(=O)C(ON1C(C)(C)CCCC1(C)C)c1ccccc1C(ON1C(C)(C)CCCC1(C)C)C(=O)ON1C(C)(C)CCCC1(C)C. The highest BCUT2D eigenvalue weighted by atomic mass is 16.8. The van der Waals surface area contributed by atoms with Crippen molar-refractivity contribution in [3.8, 4) is 0 Å². The van der Waals surface area contributed by atoms with Crippen LogP contribution >= 0.6 is 0 Å². The summed E-state index contributed by atoms with van der Waals surface area (Å²) in [6.45, 7) is 34.4. The predicted octanol–water partition coefficient (Wildman–Crippen LogP) is 10.7. The Kier molecular flexibility index (Phi) is 12.5. The second-order valence-corrected chi connectivity index (χ2v) is 22.5. The molecule has 4 aliphatic heterocycles. The largest absolute Gasteiger partial charge is 0.364 e. The summed E-state index contributed by atoms with van der Waals surface area (Å²) in [6.07, 6.45) is 8.97. The van der Waals surface area contributed by atoms with E-state index >= 15 is 9.59 Å². The number of carbonyl (C=O) groups excluding carboxylic acids is 2. The fourth-order valence-electron chi connectivity index (χ4n) is 10.9. The number of carbonyl (C=O) groups is 2. The molecule has 318 valence electrons. The maximum Gasteiger partial charge on any atom is 0.361 e. The van der Waals surface area contributed by atoms with Gasteiger partial charge >= 0.3 is 11.9 Å². The van der Waals surface area contributed by atoms with Crippen molar-refractivity contribution in [3.05, 3.63) is 35.4 Å². The van der Waals surface area contributed by atoms with Crippen LogP contribution in [0.5, 0.6) is 0 Å². The number of hydrogen-bond acceptors (Lipinski definition) is 10. The highest BCUT2D eigenvalue weighted by molar-refractivity contribution is 5.80. The molecule has 4 heterocycles. The van der Waals surface area contributed by atoms with Crippen molar-refractivity contribution in [1.82, 2.24) is 20.3 Å². The molecule has 2 atom stereocenters. The van der Waals surface area contributed by atoms with Gasteiger partial charge in [-0.1, -0.05) is 24.3 Å². The predicted molar refractivity (Wildman–Crippen MR) is 222 cm³/mol. The molecule has 1 aromatic carbocycles. The van der Waals surface area contributed by atoms with Crippen LogP contribution < -0.4 is 0 Å². The Morgan fingerprint density at radius 3 is 0.857 bits per heavy atom. The lowest BCUT2D eigenvalue weighted by molar-refractivity contribution is -0.324. The highest BCUT2D eigenvalue weighted by Gasteiger charge is 2.52. The van der Waals surface area contributed by atoms with Gasteiger partial charge in [-0.25, -0.2) is 9.59 Å². The van der Waals surface area contributed by atoms with Crippen LogP contribution in [-0.2, 0) is 28.9 Å². The van der Waals surface area contributed by atoms with Crippen LogP contribution in [0.3, 0.4) is 0 Å². The molecule has 0 N–H and O–H groups in total. The van der Waals surface area contributed by atoms with Crippen molar-refractivity contribution in [2.75, 3.05) is 0 Å². The summed E-state index contributed by atoms with van der Waals surface area (Å²) in [6, 6.07) is 7.58. The van der Waals surface area contributed by atoms with Gasteiger partial charge in [0.25, 0.3) is 0 Å². The molecule has 0 radical (unpaired) electrons. The topological polar surface area (TPSA) is 84.0 Å². The highest BCUT2D eigenvalue weighted by Crippen LogP contribution is 2.46. The monoisotopic (exact) mass is 783 g/mol. The quantitative estimate of drug-likeness (QED) is 0.229. The average Bonchev–Trinajstić information content (AvgIpc) is 3.03. The minimum atomic E-state index is -1.21. The van der Waals surface area contributed by atoms with Crippen LogP contribution in [0, 0.1) is 0 Å². The first-order valence-electron chi connectivity index (χ1n) is 21.6. The molecule has 5 rings (SSSR count). The van der Waals surface area contributed by atoms with Crippen LogP contribution in [0.4, 0.5) is 0 Å². The van der Waals surface area contributed by atoms with Gasteiger partial charge in [0.15, 0.2) is 0 Å². The van der Waals surface area contributed by atoms with Crippen molar-refractivity contribution >= 4 is 11.9 Å². The number of rotatable bonds is 10. The zero-order valence-electron chi connectivity index (χ0n) is 38.2. The second-order valence-electron chi connectivity index (χ2n) is 22.5. The normalized spacial score (nSPS) is 28.1. The molecule has 10 nitrogen and oxygen atoms in total. The molecule has 0 aromatic heterocycles. The van der Waals surface area contributed by atoms with Crippen LogP contribution in [0.1, 0.15) is 211 Å². The Bertz CT molecular complexity index is 1400. The lowest BCUT2D eigenvalue weighted by atomic mass is 9.82. The smallest absolute Gasteiger partial charge is 0.361 e. The van der Waals surface area contributed by atoms with Gasteiger partial charge in [-0.3, -0.25) is 9.68 Å². The van der Waals surface area contributed by atoms with Crippen molar-refractivity contribution < 1.29 is 28.9 Å². The summed E-state index contributed by atoms with van der Waals surface area (Å²) in [5, 5.41) is 7.81. The first-order valence-corrected chi connectivity index (χ1v) is 21.6. The first-order chi connectivity index (χ1) is 25.5. The number of piperidine rings is 4. The summed E-state index contributed by atoms with van der Waals surface area (Å²) in [4.78, 5) is 57.6. The van der Waals surface area contributed by atoms with Gasteiger partial charge in [0.1, 0.15) is 0 Å². The molecule has 10 heteroatoms. The molecular formula is C46H78N4O6. The molecule has 4 saturated heterocycles. The van der Waals surface area contributed by atoms with E-state index in [2.05, 4.69) is 111 Å². The summed E-state index contributed by atoms with van der Waals surface area (Å²) < 4.78 is 0. The zero-order chi connectivity index (χ0) is 41.9. The first kappa shape index (κ1) is 45.0. The minimum absolute atomic E-state index is 0.374. The third-order valence-electron chi connectivity index (χ3n) is 13.5. The number of hydrogen-bond donors (Lipinski definition) is 0. The molecule has 2 unspecified atom stereocenters. The molecule has 0 spiro atoms. The molecule has 4 aliphatic rings. The van der Waals surface area contributed by atoms with E-state index in [1.165, 1.54) is 0 Å². The molecular weight excluding hydrogens is 705 g/mol. The lowest BCUT2D eigenvalue weighted by Crippen LogP contribution is -2.61. The van der Waals surface area contributed by atoms with E-state index in [0.29, 0.717) is 11.1 Å².